The summed E-state index contributed by atoms with van der Waals surface area (Å²) in [4.78, 5) is 7.19. The maximum absolute atomic E-state index is 5.39. The number of hydrogen-bond acceptors (Lipinski definition) is 4. The van der Waals surface area contributed by atoms with Crippen LogP contribution in [0.5, 0.6) is 17.2 Å². The summed E-state index contributed by atoms with van der Waals surface area (Å²) in [6.07, 6.45) is 2.30. The Morgan fingerprint density at radius 1 is 1.05 bits per heavy atom. The molecule has 6 heteroatoms. The minimum absolute atomic E-state index is 0.645. The van der Waals surface area contributed by atoms with Gasteiger partial charge in [-0.1, -0.05) is 0 Å². The van der Waals surface area contributed by atoms with Gasteiger partial charge in [0.05, 0.1) is 33.4 Å². The molecule has 0 aliphatic rings. The van der Waals surface area contributed by atoms with E-state index < -0.39 is 0 Å². The lowest BCUT2D eigenvalue weighted by molar-refractivity contribution is 0.347. The standard InChI is InChI=1S/C13H15BrN2O3/c1-17-10-6-12(19-3)11(18-2)5-8(10)4-9-13(14)16-7-15-9/h5-7H,4H2,1-3H3,(H,15,16). The average molecular weight is 327 g/mol. The summed E-state index contributed by atoms with van der Waals surface area (Å²) in [5.41, 5.74) is 1.97. The lowest BCUT2D eigenvalue weighted by atomic mass is 10.1. The van der Waals surface area contributed by atoms with Crippen LogP contribution in [0.3, 0.4) is 0 Å². The molecule has 0 spiro atoms. The number of halogens is 1. The summed E-state index contributed by atoms with van der Waals surface area (Å²) in [5, 5.41) is 0. The molecule has 0 saturated heterocycles. The number of ether oxygens (including phenoxy) is 3. The predicted molar refractivity (Wildman–Crippen MR) is 75.2 cm³/mol. The molecule has 0 amide bonds. The quantitative estimate of drug-likeness (QED) is 0.917. The molecule has 0 unspecified atom stereocenters. The fourth-order valence-corrected chi connectivity index (χ4v) is 2.21. The molecule has 0 aliphatic heterocycles. The number of rotatable bonds is 5. The van der Waals surface area contributed by atoms with E-state index in [0.29, 0.717) is 17.9 Å². The van der Waals surface area contributed by atoms with Gasteiger partial charge in [0.2, 0.25) is 0 Å². The molecule has 1 N–H and O–H groups in total. The second-order valence-corrected chi connectivity index (χ2v) is 4.62. The number of benzene rings is 1. The Morgan fingerprint density at radius 3 is 2.21 bits per heavy atom. The van der Waals surface area contributed by atoms with Crippen molar-refractivity contribution in [3.63, 3.8) is 0 Å². The third-order valence-corrected chi connectivity index (χ3v) is 3.50. The number of methoxy groups -OCH3 is 3. The summed E-state index contributed by atoms with van der Waals surface area (Å²) >= 11 is 3.39. The van der Waals surface area contributed by atoms with E-state index in [1.165, 1.54) is 0 Å². The lowest BCUT2D eigenvalue weighted by Gasteiger charge is -2.13. The van der Waals surface area contributed by atoms with Crippen LogP contribution in [0.1, 0.15) is 11.3 Å². The Bertz CT molecular complexity index is 569. The van der Waals surface area contributed by atoms with Crippen molar-refractivity contribution >= 4 is 15.9 Å². The van der Waals surface area contributed by atoms with Crippen molar-refractivity contribution in [1.29, 1.82) is 0 Å². The van der Waals surface area contributed by atoms with Gasteiger partial charge in [-0.05, 0) is 22.0 Å². The first-order chi connectivity index (χ1) is 9.19. The number of nitrogens with zero attached hydrogens (tertiary/aromatic N) is 1. The molecule has 1 aromatic carbocycles. The zero-order valence-corrected chi connectivity index (χ0v) is 12.6. The van der Waals surface area contributed by atoms with Crippen LogP contribution in [0.4, 0.5) is 0 Å². The molecule has 0 aliphatic carbocycles. The Labute approximate surface area is 120 Å². The van der Waals surface area contributed by atoms with Crippen LogP contribution >= 0.6 is 15.9 Å². The Balaban J connectivity index is 2.41. The second kappa shape index (κ2) is 5.97. The van der Waals surface area contributed by atoms with Gasteiger partial charge < -0.3 is 19.2 Å². The van der Waals surface area contributed by atoms with E-state index in [0.717, 1.165) is 21.6 Å². The largest absolute Gasteiger partial charge is 0.496 e. The van der Waals surface area contributed by atoms with Gasteiger partial charge in [-0.25, -0.2) is 4.98 Å². The number of aromatic amines is 1. The van der Waals surface area contributed by atoms with Gasteiger partial charge in [-0.2, -0.15) is 0 Å². The average Bonchev–Trinajstić information content (AvgIpc) is 2.83. The van der Waals surface area contributed by atoms with E-state index in [1.807, 2.05) is 12.1 Å². The molecule has 5 nitrogen and oxygen atoms in total. The first-order valence-corrected chi connectivity index (χ1v) is 6.45. The van der Waals surface area contributed by atoms with Crippen molar-refractivity contribution in [2.24, 2.45) is 0 Å². The summed E-state index contributed by atoms with van der Waals surface area (Å²) < 4.78 is 16.8. The van der Waals surface area contributed by atoms with E-state index in [-0.39, 0.29) is 0 Å². The van der Waals surface area contributed by atoms with Gasteiger partial charge in [0, 0.05) is 18.1 Å². The molecule has 0 fully saturated rings. The third-order valence-electron chi connectivity index (χ3n) is 2.82. The van der Waals surface area contributed by atoms with Gasteiger partial charge in [-0.3, -0.25) is 0 Å². The van der Waals surface area contributed by atoms with Crippen LogP contribution in [0.25, 0.3) is 0 Å². The molecule has 2 aromatic rings. The van der Waals surface area contributed by atoms with E-state index >= 15 is 0 Å². The number of H-pyrrole nitrogens is 1. The van der Waals surface area contributed by atoms with Crippen molar-refractivity contribution in [2.75, 3.05) is 21.3 Å². The monoisotopic (exact) mass is 326 g/mol. The van der Waals surface area contributed by atoms with Gasteiger partial charge in [0.1, 0.15) is 10.4 Å². The molecular formula is C13H15BrN2O3. The topological polar surface area (TPSA) is 56.4 Å². The van der Waals surface area contributed by atoms with Crippen LogP contribution in [0.2, 0.25) is 0 Å². The highest BCUT2D eigenvalue weighted by molar-refractivity contribution is 9.10. The molecule has 19 heavy (non-hydrogen) atoms. The summed E-state index contributed by atoms with van der Waals surface area (Å²) in [5.74, 6) is 2.07. The minimum atomic E-state index is 0.645. The molecule has 0 atom stereocenters. The molecule has 0 radical (unpaired) electrons. The normalized spacial score (nSPS) is 10.3. The van der Waals surface area contributed by atoms with Crippen molar-refractivity contribution < 1.29 is 14.2 Å². The predicted octanol–water partition coefficient (Wildman–Crippen LogP) is 2.79. The van der Waals surface area contributed by atoms with Gasteiger partial charge in [0.15, 0.2) is 11.5 Å². The molecule has 0 saturated carbocycles. The fraction of sp³-hybridized carbons (Fsp3) is 0.308. The SMILES string of the molecule is COc1cc(OC)c(OC)cc1Cc1[nH]cnc1Br. The Hall–Kier alpha value is -1.69. The van der Waals surface area contributed by atoms with Crippen LogP contribution < -0.4 is 14.2 Å². The van der Waals surface area contributed by atoms with Gasteiger partial charge in [-0.15, -0.1) is 0 Å². The van der Waals surface area contributed by atoms with Crippen LogP contribution in [0, 0.1) is 0 Å². The maximum atomic E-state index is 5.39. The van der Waals surface area contributed by atoms with E-state index in [1.54, 1.807) is 27.7 Å². The van der Waals surface area contributed by atoms with Crippen LogP contribution in [0.15, 0.2) is 23.1 Å². The van der Waals surface area contributed by atoms with Crippen molar-refractivity contribution in [2.45, 2.75) is 6.42 Å². The summed E-state index contributed by atoms with van der Waals surface area (Å²) in [6, 6.07) is 3.73. The molecule has 0 bridgehead atoms. The number of nitrogens with one attached hydrogen (secondary N) is 1. The zero-order valence-electron chi connectivity index (χ0n) is 11.0. The Morgan fingerprint density at radius 2 is 1.68 bits per heavy atom. The molecule has 2 rings (SSSR count). The van der Waals surface area contributed by atoms with E-state index in [4.69, 9.17) is 14.2 Å². The third kappa shape index (κ3) is 2.84. The first kappa shape index (κ1) is 13.7. The van der Waals surface area contributed by atoms with Crippen LogP contribution in [-0.4, -0.2) is 31.3 Å². The minimum Gasteiger partial charge on any atom is -0.496 e. The smallest absolute Gasteiger partial charge is 0.164 e. The maximum Gasteiger partial charge on any atom is 0.164 e. The molecule has 1 aromatic heterocycles. The van der Waals surface area contributed by atoms with Crippen molar-refractivity contribution in [3.05, 3.63) is 34.3 Å². The van der Waals surface area contributed by atoms with Crippen molar-refractivity contribution in [3.8, 4) is 17.2 Å². The van der Waals surface area contributed by atoms with E-state index in [2.05, 4.69) is 25.9 Å². The van der Waals surface area contributed by atoms with Crippen LogP contribution in [-0.2, 0) is 6.42 Å². The highest BCUT2D eigenvalue weighted by Crippen LogP contribution is 2.35. The Kier molecular flexibility index (Phi) is 4.31. The number of imidazole rings is 1. The molecular weight excluding hydrogens is 312 g/mol. The highest BCUT2D eigenvalue weighted by atomic mass is 79.9. The number of aromatic nitrogens is 2. The summed E-state index contributed by atoms with van der Waals surface area (Å²) in [7, 11) is 4.84. The van der Waals surface area contributed by atoms with Crippen molar-refractivity contribution in [1.82, 2.24) is 9.97 Å². The number of hydrogen-bond donors (Lipinski definition) is 1. The summed E-state index contributed by atoms with van der Waals surface area (Å²) in [6.45, 7) is 0. The van der Waals surface area contributed by atoms with E-state index in [9.17, 15) is 0 Å². The second-order valence-electron chi connectivity index (χ2n) is 3.87. The van der Waals surface area contributed by atoms with Gasteiger partial charge in [0.25, 0.3) is 0 Å². The van der Waals surface area contributed by atoms with Gasteiger partial charge >= 0.3 is 0 Å². The molecule has 102 valence electrons. The first-order valence-electron chi connectivity index (χ1n) is 5.66. The zero-order chi connectivity index (χ0) is 13.8. The highest BCUT2D eigenvalue weighted by Gasteiger charge is 2.14. The fourth-order valence-electron chi connectivity index (χ4n) is 1.85. The lowest BCUT2D eigenvalue weighted by Crippen LogP contribution is -1.98. The molecule has 1 heterocycles.